The third kappa shape index (κ3) is 4.33. The largest absolute Gasteiger partial charge is 0.350 e. The molecule has 9 heteroatoms. The van der Waals surface area contributed by atoms with Crippen molar-refractivity contribution in [2.24, 2.45) is 0 Å². The highest BCUT2D eigenvalue weighted by Crippen LogP contribution is 2.33. The van der Waals surface area contributed by atoms with E-state index < -0.39 is 22.6 Å². The van der Waals surface area contributed by atoms with E-state index in [4.69, 9.17) is 11.6 Å². The van der Waals surface area contributed by atoms with E-state index >= 15 is 0 Å². The van der Waals surface area contributed by atoms with Gasteiger partial charge >= 0.3 is 0 Å². The van der Waals surface area contributed by atoms with Crippen LogP contribution in [0.5, 0.6) is 0 Å². The van der Waals surface area contributed by atoms with Gasteiger partial charge in [0, 0.05) is 28.4 Å². The van der Waals surface area contributed by atoms with E-state index in [1.165, 1.54) is 42.5 Å². The highest BCUT2D eigenvalue weighted by Gasteiger charge is 2.39. The van der Waals surface area contributed by atoms with Crippen LogP contribution in [0.1, 0.15) is 16.7 Å². The Morgan fingerprint density at radius 1 is 1.03 bits per heavy atom. The number of rotatable bonds is 6. The highest BCUT2D eigenvalue weighted by atomic mass is 35.5. The molecule has 0 saturated heterocycles. The zero-order valence-corrected chi connectivity index (χ0v) is 18.1. The van der Waals surface area contributed by atoms with Crippen LogP contribution in [0.25, 0.3) is 5.57 Å². The van der Waals surface area contributed by atoms with E-state index in [0.29, 0.717) is 16.3 Å². The fourth-order valence-corrected chi connectivity index (χ4v) is 3.65. The normalized spacial score (nSPS) is 13.6. The Labute approximate surface area is 193 Å². The minimum Gasteiger partial charge on any atom is -0.350 e. The van der Waals surface area contributed by atoms with Gasteiger partial charge in [-0.2, -0.15) is 0 Å². The Bertz CT molecular complexity index is 1320. The molecule has 4 rings (SSSR count). The van der Waals surface area contributed by atoms with Crippen molar-refractivity contribution in [3.05, 3.63) is 110 Å². The number of hydrogen-bond donors (Lipinski definition) is 1. The van der Waals surface area contributed by atoms with Gasteiger partial charge in [0.1, 0.15) is 11.5 Å². The molecule has 7 nitrogen and oxygen atoms in total. The van der Waals surface area contributed by atoms with Crippen molar-refractivity contribution in [2.45, 2.75) is 13.5 Å². The smallest absolute Gasteiger partial charge is 0.278 e. The topological polar surface area (TPSA) is 92.6 Å². The number of benzene rings is 3. The summed E-state index contributed by atoms with van der Waals surface area (Å²) in [4.78, 5) is 38.0. The molecule has 1 aliphatic rings. The van der Waals surface area contributed by atoms with Crippen LogP contribution in [0, 0.1) is 22.9 Å². The predicted octanol–water partition coefficient (Wildman–Crippen LogP) is 5.09. The number of imide groups is 1. The second kappa shape index (κ2) is 8.84. The Balaban J connectivity index is 1.77. The van der Waals surface area contributed by atoms with Gasteiger partial charge in [-0.3, -0.25) is 24.6 Å². The molecule has 0 aliphatic carbocycles. The lowest BCUT2D eigenvalue weighted by atomic mass is 10.0. The lowest BCUT2D eigenvalue weighted by Gasteiger charge is -2.16. The second-order valence-electron chi connectivity index (χ2n) is 7.43. The molecule has 0 radical (unpaired) electrons. The number of nitrogens with zero attached hydrogens (tertiary/aromatic N) is 2. The van der Waals surface area contributed by atoms with Crippen molar-refractivity contribution in [3.63, 3.8) is 0 Å². The molecule has 166 valence electrons. The Hall–Kier alpha value is -4.04. The summed E-state index contributed by atoms with van der Waals surface area (Å²) < 4.78 is 14.2. The molecule has 1 N–H and O–H groups in total. The van der Waals surface area contributed by atoms with Gasteiger partial charge in [0.15, 0.2) is 0 Å². The van der Waals surface area contributed by atoms with E-state index in [9.17, 15) is 24.1 Å². The average molecular weight is 466 g/mol. The van der Waals surface area contributed by atoms with Crippen molar-refractivity contribution in [3.8, 4) is 0 Å². The summed E-state index contributed by atoms with van der Waals surface area (Å²) >= 11 is 6.19. The van der Waals surface area contributed by atoms with Gasteiger partial charge in [-0.05, 0) is 48.4 Å². The van der Waals surface area contributed by atoms with Crippen LogP contribution in [0.15, 0.2) is 72.4 Å². The summed E-state index contributed by atoms with van der Waals surface area (Å²) in [6.07, 6.45) is 0. The van der Waals surface area contributed by atoms with Crippen molar-refractivity contribution < 1.29 is 18.9 Å². The molecule has 0 saturated carbocycles. The van der Waals surface area contributed by atoms with Gasteiger partial charge in [0.2, 0.25) is 0 Å². The number of nitrogens with one attached hydrogen (secondary N) is 1. The monoisotopic (exact) mass is 465 g/mol. The van der Waals surface area contributed by atoms with E-state index in [1.807, 2.05) is 6.92 Å². The van der Waals surface area contributed by atoms with Gasteiger partial charge in [0.05, 0.1) is 17.0 Å². The molecule has 3 aromatic carbocycles. The molecule has 3 aromatic rings. The lowest BCUT2D eigenvalue weighted by molar-refractivity contribution is -0.384. The average Bonchev–Trinajstić information content (AvgIpc) is 3.02. The fourth-order valence-electron chi connectivity index (χ4n) is 3.47. The molecule has 1 aliphatic heterocycles. The molecule has 1 heterocycles. The number of carbonyl (C=O) groups excluding carboxylic acids is 2. The van der Waals surface area contributed by atoms with Gasteiger partial charge < -0.3 is 5.32 Å². The fraction of sp³-hybridized carbons (Fsp3) is 0.0833. The molecule has 2 amide bonds. The number of amides is 2. The first-order valence-electron chi connectivity index (χ1n) is 9.88. The van der Waals surface area contributed by atoms with E-state index in [1.54, 1.807) is 24.3 Å². The van der Waals surface area contributed by atoms with Crippen LogP contribution in [-0.2, 0) is 16.1 Å². The van der Waals surface area contributed by atoms with Crippen molar-refractivity contribution in [1.29, 1.82) is 0 Å². The number of nitro groups is 1. The number of anilines is 1. The third-order valence-electron chi connectivity index (χ3n) is 5.26. The maximum atomic E-state index is 14.2. The van der Waals surface area contributed by atoms with Crippen LogP contribution in [0.4, 0.5) is 15.8 Å². The molecule has 33 heavy (non-hydrogen) atoms. The quantitative estimate of drug-likeness (QED) is 0.311. The summed E-state index contributed by atoms with van der Waals surface area (Å²) in [5, 5.41) is 14.4. The predicted molar refractivity (Wildman–Crippen MR) is 122 cm³/mol. The van der Waals surface area contributed by atoms with E-state index in [2.05, 4.69) is 5.32 Å². The first kappa shape index (κ1) is 22.2. The minimum atomic E-state index is -0.645. The molecule has 0 atom stereocenters. The molecule has 0 bridgehead atoms. The van der Waals surface area contributed by atoms with Crippen LogP contribution >= 0.6 is 11.6 Å². The lowest BCUT2D eigenvalue weighted by Crippen LogP contribution is -2.32. The standard InChI is InChI=1S/C24H17ClFN3O4/c1-14-6-9-17(12-19(14)25)27-22-21(15-7-10-18(11-8-15)29(32)33)23(30)28(24(22)31)13-16-4-2-3-5-20(16)26/h2-12,27H,13H2,1H3. The number of aryl methyl sites for hydroxylation is 1. The summed E-state index contributed by atoms with van der Waals surface area (Å²) in [5.74, 6) is -1.83. The number of nitro benzene ring substituents is 1. The van der Waals surface area contributed by atoms with Gasteiger partial charge in [-0.25, -0.2) is 4.39 Å². The Morgan fingerprint density at radius 2 is 1.73 bits per heavy atom. The Kier molecular flexibility index (Phi) is 5.93. The van der Waals surface area contributed by atoms with E-state index in [-0.39, 0.29) is 29.1 Å². The molecular formula is C24H17ClFN3O4. The number of halogens is 2. The molecule has 0 aromatic heterocycles. The van der Waals surface area contributed by atoms with Crippen LogP contribution in [-0.4, -0.2) is 21.6 Å². The maximum absolute atomic E-state index is 14.2. The van der Waals surface area contributed by atoms with Crippen LogP contribution in [0.2, 0.25) is 5.02 Å². The van der Waals surface area contributed by atoms with Gasteiger partial charge in [-0.1, -0.05) is 35.9 Å². The van der Waals surface area contributed by atoms with Gasteiger partial charge in [-0.15, -0.1) is 0 Å². The summed E-state index contributed by atoms with van der Waals surface area (Å²) in [5.41, 5.74) is 1.67. The third-order valence-corrected chi connectivity index (χ3v) is 5.67. The maximum Gasteiger partial charge on any atom is 0.278 e. The minimum absolute atomic E-state index is 0.0230. The zero-order chi connectivity index (χ0) is 23.7. The van der Waals surface area contributed by atoms with Gasteiger partial charge in [0.25, 0.3) is 17.5 Å². The highest BCUT2D eigenvalue weighted by molar-refractivity contribution is 6.36. The van der Waals surface area contributed by atoms with Crippen molar-refractivity contribution >= 4 is 40.4 Å². The van der Waals surface area contributed by atoms with Crippen molar-refractivity contribution in [1.82, 2.24) is 4.90 Å². The number of carbonyl (C=O) groups is 2. The number of non-ortho nitro benzene ring substituents is 1. The van der Waals surface area contributed by atoms with E-state index in [0.717, 1.165) is 10.5 Å². The van der Waals surface area contributed by atoms with Crippen LogP contribution in [0.3, 0.4) is 0 Å². The number of hydrogen-bond acceptors (Lipinski definition) is 5. The zero-order valence-electron chi connectivity index (χ0n) is 17.3. The summed E-state index contributed by atoms with van der Waals surface area (Å²) in [7, 11) is 0. The SMILES string of the molecule is Cc1ccc(NC2=C(c3ccc([N+](=O)[O-])cc3)C(=O)N(Cc3ccccc3F)C2=O)cc1Cl. The summed E-state index contributed by atoms with van der Waals surface area (Å²) in [6.45, 7) is 1.56. The molecule has 0 unspecified atom stereocenters. The first-order valence-corrected chi connectivity index (χ1v) is 10.3. The molecular weight excluding hydrogens is 449 g/mol. The Morgan fingerprint density at radius 3 is 2.36 bits per heavy atom. The first-order chi connectivity index (χ1) is 15.8. The van der Waals surface area contributed by atoms with Crippen molar-refractivity contribution in [2.75, 3.05) is 5.32 Å². The summed E-state index contributed by atoms with van der Waals surface area (Å²) in [6, 6.07) is 16.3. The van der Waals surface area contributed by atoms with Crippen LogP contribution < -0.4 is 5.32 Å². The molecule has 0 fully saturated rings. The second-order valence-corrected chi connectivity index (χ2v) is 7.84. The molecule has 0 spiro atoms.